The molecule has 1 aromatic rings. The van der Waals surface area contributed by atoms with Crippen LogP contribution in [0.5, 0.6) is 5.75 Å². The number of hydrogen-bond donors (Lipinski definition) is 1. The quantitative estimate of drug-likeness (QED) is 0.876. The monoisotopic (exact) mass is 239 g/mol. The molecule has 0 bridgehead atoms. The van der Waals surface area contributed by atoms with E-state index in [1.165, 1.54) is 5.56 Å². The van der Waals surface area contributed by atoms with Crippen molar-refractivity contribution in [2.24, 2.45) is 5.41 Å². The van der Waals surface area contributed by atoms with E-state index in [9.17, 15) is 0 Å². The summed E-state index contributed by atoms with van der Waals surface area (Å²) in [6, 6.07) is 6.33. The number of halogens is 1. The van der Waals surface area contributed by atoms with Crippen molar-refractivity contribution in [3.63, 3.8) is 0 Å². The van der Waals surface area contributed by atoms with E-state index in [4.69, 9.17) is 16.3 Å². The second-order valence-corrected chi connectivity index (χ2v) is 5.39. The third-order valence-electron chi connectivity index (χ3n) is 3.67. The Kier molecular flexibility index (Phi) is 2.89. The van der Waals surface area contributed by atoms with Crippen molar-refractivity contribution in [2.75, 3.05) is 14.2 Å². The summed E-state index contributed by atoms with van der Waals surface area (Å²) in [6.07, 6.45) is 0. The van der Waals surface area contributed by atoms with Gasteiger partial charge in [0, 0.05) is 22.5 Å². The van der Waals surface area contributed by atoms with Gasteiger partial charge in [0.1, 0.15) is 5.75 Å². The molecular weight excluding hydrogens is 222 g/mol. The average molecular weight is 240 g/mol. The first-order valence-corrected chi connectivity index (χ1v) is 5.91. The smallest absolute Gasteiger partial charge is 0.122 e. The minimum Gasteiger partial charge on any atom is -0.496 e. The SMILES string of the molecule is CNC1C(c2cc(Cl)ccc2OC)C1(C)C. The number of likely N-dealkylation sites (N-methyl/N-ethyl adjacent to an activating group) is 1. The van der Waals surface area contributed by atoms with Crippen LogP contribution in [0.1, 0.15) is 25.3 Å². The number of methoxy groups -OCH3 is 1. The molecule has 2 atom stereocenters. The van der Waals surface area contributed by atoms with Crippen LogP contribution in [-0.4, -0.2) is 20.2 Å². The number of hydrogen-bond acceptors (Lipinski definition) is 2. The summed E-state index contributed by atoms with van der Waals surface area (Å²) in [5.41, 5.74) is 1.48. The fourth-order valence-corrected chi connectivity index (χ4v) is 2.89. The lowest BCUT2D eigenvalue weighted by atomic mass is 10.0. The molecule has 0 aromatic heterocycles. The Bertz CT molecular complexity index is 403. The Labute approximate surface area is 102 Å². The highest BCUT2D eigenvalue weighted by Gasteiger charge is 2.58. The molecule has 0 saturated heterocycles. The van der Waals surface area contributed by atoms with Crippen molar-refractivity contribution in [3.8, 4) is 5.75 Å². The molecule has 3 heteroatoms. The van der Waals surface area contributed by atoms with Crippen LogP contribution >= 0.6 is 11.6 Å². The maximum atomic E-state index is 6.05. The molecule has 1 fully saturated rings. The van der Waals surface area contributed by atoms with Crippen LogP contribution in [0.15, 0.2) is 18.2 Å². The molecule has 16 heavy (non-hydrogen) atoms. The molecule has 1 aromatic carbocycles. The summed E-state index contributed by atoms with van der Waals surface area (Å²) >= 11 is 6.05. The van der Waals surface area contributed by atoms with Gasteiger partial charge < -0.3 is 10.1 Å². The predicted molar refractivity (Wildman–Crippen MR) is 67.4 cm³/mol. The van der Waals surface area contributed by atoms with Gasteiger partial charge >= 0.3 is 0 Å². The van der Waals surface area contributed by atoms with E-state index in [1.54, 1.807) is 7.11 Å². The predicted octanol–water partition coefficient (Wildman–Crippen LogP) is 3.06. The highest BCUT2D eigenvalue weighted by Crippen LogP contribution is 2.60. The average Bonchev–Trinajstić information content (AvgIpc) is 2.80. The molecule has 2 nitrogen and oxygen atoms in total. The number of benzene rings is 1. The minimum atomic E-state index is 0.271. The summed E-state index contributed by atoms with van der Waals surface area (Å²) in [7, 11) is 3.71. The second-order valence-electron chi connectivity index (χ2n) is 4.95. The van der Waals surface area contributed by atoms with E-state index in [0.717, 1.165) is 10.8 Å². The highest BCUT2D eigenvalue weighted by atomic mass is 35.5. The van der Waals surface area contributed by atoms with Crippen molar-refractivity contribution in [1.29, 1.82) is 0 Å². The third-order valence-corrected chi connectivity index (χ3v) is 3.90. The third kappa shape index (κ3) is 1.70. The topological polar surface area (TPSA) is 21.3 Å². The second kappa shape index (κ2) is 3.94. The lowest BCUT2D eigenvalue weighted by Crippen LogP contribution is -2.14. The van der Waals surface area contributed by atoms with Gasteiger partial charge in [-0.05, 0) is 30.7 Å². The summed E-state index contributed by atoms with van der Waals surface area (Å²) < 4.78 is 5.40. The zero-order valence-corrected chi connectivity index (χ0v) is 10.9. The molecule has 0 heterocycles. The van der Waals surface area contributed by atoms with E-state index in [-0.39, 0.29) is 5.41 Å². The van der Waals surface area contributed by atoms with Gasteiger partial charge in [-0.3, -0.25) is 0 Å². The Balaban J connectivity index is 2.38. The molecule has 0 spiro atoms. The lowest BCUT2D eigenvalue weighted by Gasteiger charge is -2.09. The van der Waals surface area contributed by atoms with Gasteiger partial charge in [0.15, 0.2) is 0 Å². The molecule has 0 radical (unpaired) electrons. The van der Waals surface area contributed by atoms with Gasteiger partial charge in [-0.2, -0.15) is 0 Å². The maximum absolute atomic E-state index is 6.05. The first kappa shape index (κ1) is 11.7. The van der Waals surface area contributed by atoms with E-state index >= 15 is 0 Å². The number of nitrogens with one attached hydrogen (secondary N) is 1. The molecule has 2 unspecified atom stereocenters. The largest absolute Gasteiger partial charge is 0.496 e. The Hall–Kier alpha value is -0.730. The Morgan fingerprint density at radius 3 is 2.56 bits per heavy atom. The zero-order valence-electron chi connectivity index (χ0n) is 10.2. The van der Waals surface area contributed by atoms with Gasteiger partial charge in [0.25, 0.3) is 0 Å². The van der Waals surface area contributed by atoms with Crippen molar-refractivity contribution >= 4 is 11.6 Å². The van der Waals surface area contributed by atoms with E-state index in [0.29, 0.717) is 12.0 Å². The molecule has 1 N–H and O–H groups in total. The molecule has 88 valence electrons. The first-order chi connectivity index (χ1) is 7.52. The van der Waals surface area contributed by atoms with E-state index in [2.05, 4.69) is 19.2 Å². The zero-order chi connectivity index (χ0) is 11.9. The molecule has 1 aliphatic carbocycles. The fourth-order valence-electron chi connectivity index (χ4n) is 2.71. The van der Waals surface area contributed by atoms with Gasteiger partial charge in [0.05, 0.1) is 7.11 Å². The van der Waals surface area contributed by atoms with Crippen LogP contribution in [0.4, 0.5) is 0 Å². The van der Waals surface area contributed by atoms with Crippen LogP contribution in [0.3, 0.4) is 0 Å². The fraction of sp³-hybridized carbons (Fsp3) is 0.538. The van der Waals surface area contributed by atoms with Gasteiger partial charge in [-0.25, -0.2) is 0 Å². The summed E-state index contributed by atoms with van der Waals surface area (Å²) in [6.45, 7) is 4.53. The normalized spacial score (nSPS) is 26.6. The first-order valence-electron chi connectivity index (χ1n) is 5.53. The van der Waals surface area contributed by atoms with Crippen molar-refractivity contribution in [3.05, 3.63) is 28.8 Å². The standard InChI is InChI=1S/C13H18ClNO/c1-13(2)11(12(13)15-3)9-7-8(14)5-6-10(9)16-4/h5-7,11-12,15H,1-4H3. The maximum Gasteiger partial charge on any atom is 0.122 e. The summed E-state index contributed by atoms with van der Waals surface area (Å²) in [5.74, 6) is 1.41. The van der Waals surface area contributed by atoms with Gasteiger partial charge in [0.2, 0.25) is 0 Å². The Morgan fingerprint density at radius 1 is 1.38 bits per heavy atom. The number of rotatable bonds is 3. The van der Waals surface area contributed by atoms with Crippen molar-refractivity contribution in [2.45, 2.75) is 25.8 Å². The molecular formula is C13H18ClNO. The van der Waals surface area contributed by atoms with E-state index in [1.807, 2.05) is 25.2 Å². The number of ether oxygens (including phenoxy) is 1. The van der Waals surface area contributed by atoms with Crippen molar-refractivity contribution < 1.29 is 4.74 Å². The summed E-state index contributed by atoms with van der Waals surface area (Å²) in [5, 5.41) is 4.12. The van der Waals surface area contributed by atoms with Crippen LogP contribution in [0.2, 0.25) is 5.02 Å². The highest BCUT2D eigenvalue weighted by molar-refractivity contribution is 6.30. The molecule has 0 aliphatic heterocycles. The van der Waals surface area contributed by atoms with Gasteiger partial charge in [-0.1, -0.05) is 25.4 Å². The molecule has 1 saturated carbocycles. The van der Waals surface area contributed by atoms with Crippen LogP contribution < -0.4 is 10.1 Å². The van der Waals surface area contributed by atoms with Crippen LogP contribution in [0.25, 0.3) is 0 Å². The van der Waals surface area contributed by atoms with Crippen LogP contribution in [0, 0.1) is 5.41 Å². The van der Waals surface area contributed by atoms with Gasteiger partial charge in [-0.15, -0.1) is 0 Å². The molecule has 2 rings (SSSR count). The summed E-state index contributed by atoms with van der Waals surface area (Å²) in [4.78, 5) is 0. The Morgan fingerprint density at radius 2 is 2.06 bits per heavy atom. The van der Waals surface area contributed by atoms with Crippen molar-refractivity contribution in [1.82, 2.24) is 5.32 Å². The molecule has 0 amide bonds. The lowest BCUT2D eigenvalue weighted by molar-refractivity contribution is 0.407. The molecule has 1 aliphatic rings. The van der Waals surface area contributed by atoms with Crippen LogP contribution in [-0.2, 0) is 0 Å². The van der Waals surface area contributed by atoms with E-state index < -0.39 is 0 Å². The minimum absolute atomic E-state index is 0.271.